The number of nitrogens with zero attached hydrogens (tertiary/aromatic N) is 1. The van der Waals surface area contributed by atoms with E-state index < -0.39 is 5.82 Å². The Morgan fingerprint density at radius 1 is 1.47 bits per heavy atom. The maximum Gasteiger partial charge on any atom is 0.152 e. The topological polar surface area (TPSA) is 24.9 Å². The van der Waals surface area contributed by atoms with Crippen LogP contribution < -0.4 is 5.32 Å². The zero-order chi connectivity index (χ0) is 12.3. The fraction of sp³-hybridized carbons (Fsp3) is 0.250. The highest BCUT2D eigenvalue weighted by atomic mass is 35.5. The lowest BCUT2D eigenvalue weighted by Crippen LogP contribution is -2.10. The molecule has 17 heavy (non-hydrogen) atoms. The molecule has 1 N–H and O–H groups in total. The van der Waals surface area contributed by atoms with Crippen molar-refractivity contribution in [2.45, 2.75) is 6.42 Å². The van der Waals surface area contributed by atoms with Gasteiger partial charge in [-0.1, -0.05) is 17.7 Å². The largest absolute Gasteiger partial charge is 0.319 e. The smallest absolute Gasteiger partial charge is 0.152 e. The van der Waals surface area contributed by atoms with E-state index in [1.165, 1.54) is 17.4 Å². The standard InChI is InChI=1S/C12H12ClFN2S/c1-15-6-5-8-7-17-12(16-8)9-3-2-4-10(13)11(9)14/h2-4,7,15H,5-6H2,1H3. The third-order valence-corrected chi connectivity index (χ3v) is 3.58. The second kappa shape index (κ2) is 5.58. The summed E-state index contributed by atoms with van der Waals surface area (Å²) in [5, 5.41) is 5.82. The zero-order valence-corrected chi connectivity index (χ0v) is 10.9. The normalized spacial score (nSPS) is 10.8. The van der Waals surface area contributed by atoms with Gasteiger partial charge in [-0.2, -0.15) is 0 Å². The molecule has 0 bridgehead atoms. The van der Waals surface area contributed by atoms with Gasteiger partial charge >= 0.3 is 0 Å². The van der Waals surface area contributed by atoms with Crippen molar-refractivity contribution in [2.75, 3.05) is 13.6 Å². The molecular weight excluding hydrogens is 259 g/mol. The minimum Gasteiger partial charge on any atom is -0.319 e. The van der Waals surface area contributed by atoms with Gasteiger partial charge in [0.25, 0.3) is 0 Å². The first-order valence-corrected chi connectivity index (χ1v) is 6.51. The molecule has 1 aromatic carbocycles. The van der Waals surface area contributed by atoms with Crippen LogP contribution in [0.25, 0.3) is 10.6 Å². The van der Waals surface area contributed by atoms with Crippen molar-refractivity contribution in [3.8, 4) is 10.6 Å². The SMILES string of the molecule is CNCCc1csc(-c2cccc(Cl)c2F)n1. The molecule has 0 atom stereocenters. The number of rotatable bonds is 4. The number of halogens is 2. The van der Waals surface area contributed by atoms with Crippen molar-refractivity contribution in [2.24, 2.45) is 0 Å². The average molecular weight is 271 g/mol. The molecule has 90 valence electrons. The highest BCUT2D eigenvalue weighted by molar-refractivity contribution is 7.13. The number of likely N-dealkylation sites (N-methyl/N-ethyl adjacent to an activating group) is 1. The van der Waals surface area contributed by atoms with Crippen LogP contribution in [-0.4, -0.2) is 18.6 Å². The number of benzene rings is 1. The molecular formula is C12H12ClFN2S. The molecule has 0 saturated heterocycles. The molecule has 0 spiro atoms. The van der Waals surface area contributed by atoms with Crippen LogP contribution >= 0.6 is 22.9 Å². The number of thiazole rings is 1. The molecule has 2 aromatic rings. The minimum absolute atomic E-state index is 0.134. The molecule has 1 heterocycles. The summed E-state index contributed by atoms with van der Waals surface area (Å²) in [6.07, 6.45) is 0.842. The third kappa shape index (κ3) is 2.83. The summed E-state index contributed by atoms with van der Waals surface area (Å²) in [7, 11) is 1.89. The number of aromatic nitrogens is 1. The fourth-order valence-corrected chi connectivity index (χ4v) is 2.51. The van der Waals surface area contributed by atoms with Gasteiger partial charge in [-0.3, -0.25) is 0 Å². The lowest BCUT2D eigenvalue weighted by molar-refractivity contribution is 0.631. The second-order valence-corrected chi connectivity index (χ2v) is 4.86. The maximum absolute atomic E-state index is 13.8. The Labute approximate surface area is 108 Å². The first kappa shape index (κ1) is 12.5. The molecule has 0 radical (unpaired) electrons. The summed E-state index contributed by atoms with van der Waals surface area (Å²) in [5.74, 6) is -0.399. The van der Waals surface area contributed by atoms with Gasteiger partial charge in [0.1, 0.15) is 5.01 Å². The fourth-order valence-electron chi connectivity index (χ4n) is 1.47. The van der Waals surface area contributed by atoms with Crippen LogP contribution in [0.5, 0.6) is 0 Å². The Morgan fingerprint density at radius 3 is 3.06 bits per heavy atom. The number of nitrogens with one attached hydrogen (secondary N) is 1. The summed E-state index contributed by atoms with van der Waals surface area (Å²) in [6.45, 7) is 0.862. The van der Waals surface area contributed by atoms with E-state index in [0.717, 1.165) is 18.7 Å². The third-order valence-electron chi connectivity index (χ3n) is 2.36. The first-order valence-electron chi connectivity index (χ1n) is 5.25. The summed E-state index contributed by atoms with van der Waals surface area (Å²) >= 11 is 7.18. The van der Waals surface area contributed by atoms with Gasteiger partial charge in [0, 0.05) is 23.9 Å². The molecule has 1 aromatic heterocycles. The summed E-state index contributed by atoms with van der Waals surface area (Å²) in [6, 6.07) is 4.97. The number of hydrogen-bond acceptors (Lipinski definition) is 3. The Morgan fingerprint density at radius 2 is 2.29 bits per heavy atom. The van der Waals surface area contributed by atoms with Gasteiger partial charge in [-0.25, -0.2) is 9.37 Å². The maximum atomic E-state index is 13.8. The van der Waals surface area contributed by atoms with E-state index in [4.69, 9.17) is 11.6 Å². The first-order chi connectivity index (χ1) is 8.22. The van der Waals surface area contributed by atoms with Crippen LogP contribution in [0.1, 0.15) is 5.69 Å². The van der Waals surface area contributed by atoms with E-state index in [1.54, 1.807) is 12.1 Å². The van der Waals surface area contributed by atoms with Crippen molar-refractivity contribution in [1.29, 1.82) is 0 Å². The molecule has 5 heteroatoms. The lowest BCUT2D eigenvalue weighted by atomic mass is 10.2. The summed E-state index contributed by atoms with van der Waals surface area (Å²) < 4.78 is 13.8. The Balaban J connectivity index is 2.27. The van der Waals surface area contributed by atoms with Crippen molar-refractivity contribution in [3.63, 3.8) is 0 Å². The minimum atomic E-state index is -0.399. The average Bonchev–Trinajstić information content (AvgIpc) is 2.78. The highest BCUT2D eigenvalue weighted by Gasteiger charge is 2.11. The van der Waals surface area contributed by atoms with Crippen LogP contribution in [0.15, 0.2) is 23.6 Å². The molecule has 0 fully saturated rings. The summed E-state index contributed by atoms with van der Waals surface area (Å²) in [5.41, 5.74) is 1.44. The Hall–Kier alpha value is -0.970. The Kier molecular flexibility index (Phi) is 4.10. The predicted molar refractivity (Wildman–Crippen MR) is 70.1 cm³/mol. The van der Waals surface area contributed by atoms with Crippen LogP contribution in [0.2, 0.25) is 5.02 Å². The lowest BCUT2D eigenvalue weighted by Gasteiger charge is -2.00. The van der Waals surface area contributed by atoms with E-state index in [9.17, 15) is 4.39 Å². The van der Waals surface area contributed by atoms with Crippen LogP contribution in [0, 0.1) is 5.82 Å². The summed E-state index contributed by atoms with van der Waals surface area (Å²) in [4.78, 5) is 4.40. The zero-order valence-electron chi connectivity index (χ0n) is 9.34. The van der Waals surface area contributed by atoms with Gasteiger partial charge in [-0.05, 0) is 19.2 Å². The van der Waals surface area contributed by atoms with E-state index in [1.807, 2.05) is 12.4 Å². The van der Waals surface area contributed by atoms with Crippen LogP contribution in [0.4, 0.5) is 4.39 Å². The van der Waals surface area contributed by atoms with E-state index in [-0.39, 0.29) is 5.02 Å². The molecule has 0 amide bonds. The van der Waals surface area contributed by atoms with Crippen LogP contribution in [0.3, 0.4) is 0 Å². The molecule has 0 aliphatic heterocycles. The van der Waals surface area contributed by atoms with E-state index >= 15 is 0 Å². The Bertz CT molecular complexity index is 513. The van der Waals surface area contributed by atoms with E-state index in [2.05, 4.69) is 10.3 Å². The second-order valence-electron chi connectivity index (χ2n) is 3.60. The molecule has 0 aliphatic rings. The monoisotopic (exact) mass is 270 g/mol. The van der Waals surface area contributed by atoms with Gasteiger partial charge < -0.3 is 5.32 Å². The molecule has 0 unspecified atom stereocenters. The predicted octanol–water partition coefficient (Wildman–Crippen LogP) is 3.36. The van der Waals surface area contributed by atoms with Crippen molar-refractivity contribution < 1.29 is 4.39 Å². The molecule has 0 saturated carbocycles. The van der Waals surface area contributed by atoms with Gasteiger partial charge in [0.05, 0.1) is 10.7 Å². The quantitative estimate of drug-likeness (QED) is 0.921. The van der Waals surface area contributed by atoms with Crippen LogP contribution in [-0.2, 0) is 6.42 Å². The van der Waals surface area contributed by atoms with Gasteiger partial charge in [-0.15, -0.1) is 11.3 Å². The van der Waals surface area contributed by atoms with Crippen molar-refractivity contribution in [3.05, 3.63) is 40.1 Å². The highest BCUT2D eigenvalue weighted by Crippen LogP contribution is 2.29. The molecule has 2 nitrogen and oxygen atoms in total. The number of hydrogen-bond donors (Lipinski definition) is 1. The van der Waals surface area contributed by atoms with Gasteiger partial charge in [0.2, 0.25) is 0 Å². The van der Waals surface area contributed by atoms with E-state index in [0.29, 0.717) is 10.6 Å². The molecule has 2 rings (SSSR count). The van der Waals surface area contributed by atoms with Gasteiger partial charge in [0.15, 0.2) is 5.82 Å². The van der Waals surface area contributed by atoms with Crippen molar-refractivity contribution >= 4 is 22.9 Å². The van der Waals surface area contributed by atoms with Crippen molar-refractivity contribution in [1.82, 2.24) is 10.3 Å². The molecule has 0 aliphatic carbocycles.